The SMILES string of the molecule is CN=C(NCCCOCCOC)NCc1ccc(F)c(CO)c1. The smallest absolute Gasteiger partial charge is 0.191 e. The standard InChI is InChI=1S/C16H26FN3O3/c1-18-16(19-6-3-7-23-9-8-22-2)20-11-13-4-5-15(17)14(10-13)12-21/h4-5,10,21H,3,6-9,11-12H2,1-2H3,(H2,18,19,20). The van der Waals surface area contributed by atoms with Gasteiger partial charge in [0.2, 0.25) is 0 Å². The number of hydrogen-bond donors (Lipinski definition) is 3. The zero-order chi connectivity index (χ0) is 16.9. The van der Waals surface area contributed by atoms with Crippen molar-refractivity contribution in [1.29, 1.82) is 0 Å². The summed E-state index contributed by atoms with van der Waals surface area (Å²) < 4.78 is 23.6. The average molecular weight is 327 g/mol. The Morgan fingerprint density at radius 2 is 2.09 bits per heavy atom. The summed E-state index contributed by atoms with van der Waals surface area (Å²) in [5.74, 6) is 0.268. The third kappa shape index (κ3) is 7.92. The number of aliphatic hydroxyl groups is 1. The first-order valence-corrected chi connectivity index (χ1v) is 7.60. The van der Waals surface area contributed by atoms with Gasteiger partial charge in [-0.2, -0.15) is 0 Å². The number of aliphatic imine (C=N–C) groups is 1. The Bertz CT molecular complexity index is 484. The molecule has 3 N–H and O–H groups in total. The van der Waals surface area contributed by atoms with E-state index in [2.05, 4.69) is 15.6 Å². The molecule has 130 valence electrons. The number of benzene rings is 1. The molecule has 23 heavy (non-hydrogen) atoms. The minimum Gasteiger partial charge on any atom is -0.392 e. The number of guanidine groups is 1. The molecule has 0 radical (unpaired) electrons. The molecular formula is C16H26FN3O3. The highest BCUT2D eigenvalue weighted by Gasteiger charge is 2.03. The van der Waals surface area contributed by atoms with Crippen molar-refractivity contribution in [2.75, 3.05) is 40.5 Å². The van der Waals surface area contributed by atoms with E-state index in [1.807, 2.05) is 0 Å². The topological polar surface area (TPSA) is 75.1 Å². The van der Waals surface area contributed by atoms with Crippen LogP contribution in [0.15, 0.2) is 23.2 Å². The maximum atomic E-state index is 13.3. The van der Waals surface area contributed by atoms with Gasteiger partial charge >= 0.3 is 0 Å². The third-order valence-corrected chi connectivity index (χ3v) is 3.15. The molecule has 0 bridgehead atoms. The normalized spacial score (nSPS) is 11.6. The van der Waals surface area contributed by atoms with Gasteiger partial charge in [0.25, 0.3) is 0 Å². The van der Waals surface area contributed by atoms with Crippen molar-refractivity contribution in [1.82, 2.24) is 10.6 Å². The number of halogens is 1. The Hall–Kier alpha value is -1.70. The van der Waals surface area contributed by atoms with Gasteiger partial charge in [0.1, 0.15) is 5.82 Å². The first-order chi connectivity index (χ1) is 11.2. The summed E-state index contributed by atoms with van der Waals surface area (Å²) in [4.78, 5) is 4.12. The van der Waals surface area contributed by atoms with Gasteiger partial charge in [-0.05, 0) is 24.1 Å². The lowest BCUT2D eigenvalue weighted by molar-refractivity contribution is 0.0698. The van der Waals surface area contributed by atoms with E-state index in [0.29, 0.717) is 37.9 Å². The maximum Gasteiger partial charge on any atom is 0.191 e. The Labute approximate surface area is 136 Å². The number of rotatable bonds is 10. The molecule has 0 spiro atoms. The molecule has 7 heteroatoms. The maximum absolute atomic E-state index is 13.3. The molecule has 1 rings (SSSR count). The van der Waals surface area contributed by atoms with Gasteiger partial charge in [-0.1, -0.05) is 6.07 Å². The summed E-state index contributed by atoms with van der Waals surface area (Å²) in [5, 5.41) is 15.4. The van der Waals surface area contributed by atoms with Crippen LogP contribution in [-0.2, 0) is 22.6 Å². The molecule has 0 saturated heterocycles. The molecule has 1 aromatic rings. The zero-order valence-electron chi connectivity index (χ0n) is 13.8. The molecule has 0 amide bonds. The molecule has 1 aromatic carbocycles. The minimum atomic E-state index is -0.396. The molecule has 0 atom stereocenters. The molecule has 0 aromatic heterocycles. The van der Waals surface area contributed by atoms with Crippen LogP contribution < -0.4 is 10.6 Å². The highest BCUT2D eigenvalue weighted by atomic mass is 19.1. The Morgan fingerprint density at radius 1 is 1.26 bits per heavy atom. The van der Waals surface area contributed by atoms with E-state index in [9.17, 15) is 4.39 Å². The number of nitrogens with zero attached hydrogens (tertiary/aromatic N) is 1. The third-order valence-electron chi connectivity index (χ3n) is 3.15. The van der Waals surface area contributed by atoms with E-state index in [-0.39, 0.29) is 6.61 Å². The van der Waals surface area contributed by atoms with Crippen LogP contribution in [-0.4, -0.2) is 51.6 Å². The molecule has 0 saturated carbocycles. The lowest BCUT2D eigenvalue weighted by atomic mass is 10.1. The zero-order valence-corrected chi connectivity index (χ0v) is 13.8. The lowest BCUT2D eigenvalue weighted by Crippen LogP contribution is -2.37. The number of ether oxygens (including phenoxy) is 2. The molecule has 0 aliphatic heterocycles. The van der Waals surface area contributed by atoms with Gasteiger partial charge in [-0.15, -0.1) is 0 Å². The summed E-state index contributed by atoms with van der Waals surface area (Å²) in [6, 6.07) is 4.67. The summed E-state index contributed by atoms with van der Waals surface area (Å²) in [7, 11) is 3.33. The summed E-state index contributed by atoms with van der Waals surface area (Å²) in [5.41, 5.74) is 1.17. The second-order valence-corrected chi connectivity index (χ2v) is 4.90. The summed E-state index contributed by atoms with van der Waals surface area (Å²) >= 11 is 0. The van der Waals surface area contributed by atoms with Crippen LogP contribution in [0.2, 0.25) is 0 Å². The van der Waals surface area contributed by atoms with Crippen molar-refractivity contribution in [3.8, 4) is 0 Å². The Kier molecular flexibility index (Phi) is 9.94. The van der Waals surface area contributed by atoms with Gasteiger partial charge in [0, 0.05) is 39.4 Å². The molecule has 0 unspecified atom stereocenters. The van der Waals surface area contributed by atoms with Crippen LogP contribution in [0.4, 0.5) is 4.39 Å². The largest absolute Gasteiger partial charge is 0.392 e. The van der Waals surface area contributed by atoms with Crippen LogP contribution in [0.1, 0.15) is 17.5 Å². The van der Waals surface area contributed by atoms with Crippen LogP contribution >= 0.6 is 0 Å². The number of hydrogen-bond acceptors (Lipinski definition) is 4. The minimum absolute atomic E-state index is 0.292. The predicted octanol–water partition coefficient (Wildman–Crippen LogP) is 1.04. The van der Waals surface area contributed by atoms with Crippen LogP contribution in [0.25, 0.3) is 0 Å². The quantitative estimate of drug-likeness (QED) is 0.340. The fraction of sp³-hybridized carbons (Fsp3) is 0.562. The van der Waals surface area contributed by atoms with E-state index in [0.717, 1.165) is 18.5 Å². The number of methoxy groups -OCH3 is 1. The van der Waals surface area contributed by atoms with Crippen molar-refractivity contribution >= 4 is 5.96 Å². The molecule has 0 aliphatic carbocycles. The Balaban J connectivity index is 2.26. The molecular weight excluding hydrogens is 301 g/mol. The van der Waals surface area contributed by atoms with E-state index < -0.39 is 5.82 Å². The fourth-order valence-corrected chi connectivity index (χ4v) is 1.89. The second kappa shape index (κ2) is 11.8. The van der Waals surface area contributed by atoms with Gasteiger partial charge < -0.3 is 25.2 Å². The van der Waals surface area contributed by atoms with Gasteiger partial charge in [0.15, 0.2) is 5.96 Å². The molecule has 0 fully saturated rings. The van der Waals surface area contributed by atoms with E-state index >= 15 is 0 Å². The lowest BCUT2D eigenvalue weighted by Gasteiger charge is -2.12. The molecule has 0 heterocycles. The summed E-state index contributed by atoms with van der Waals surface area (Å²) in [6.07, 6.45) is 0.857. The molecule has 6 nitrogen and oxygen atoms in total. The highest BCUT2D eigenvalue weighted by Crippen LogP contribution is 2.10. The monoisotopic (exact) mass is 327 g/mol. The van der Waals surface area contributed by atoms with Gasteiger partial charge in [-0.3, -0.25) is 4.99 Å². The average Bonchev–Trinajstić information content (AvgIpc) is 2.58. The first kappa shape index (κ1) is 19.3. The van der Waals surface area contributed by atoms with Crippen molar-refractivity contribution in [3.05, 3.63) is 35.1 Å². The van der Waals surface area contributed by atoms with Crippen LogP contribution in [0.3, 0.4) is 0 Å². The summed E-state index contributed by atoms with van der Waals surface area (Å²) in [6.45, 7) is 2.78. The van der Waals surface area contributed by atoms with Crippen molar-refractivity contribution < 1.29 is 19.0 Å². The number of aliphatic hydroxyl groups excluding tert-OH is 1. The molecule has 0 aliphatic rings. The van der Waals surface area contributed by atoms with Gasteiger partial charge in [-0.25, -0.2) is 4.39 Å². The van der Waals surface area contributed by atoms with Crippen LogP contribution in [0, 0.1) is 5.82 Å². The Morgan fingerprint density at radius 3 is 2.78 bits per heavy atom. The highest BCUT2D eigenvalue weighted by molar-refractivity contribution is 5.79. The number of nitrogens with one attached hydrogen (secondary N) is 2. The van der Waals surface area contributed by atoms with Crippen molar-refractivity contribution in [2.24, 2.45) is 4.99 Å². The van der Waals surface area contributed by atoms with Crippen LogP contribution in [0.5, 0.6) is 0 Å². The first-order valence-electron chi connectivity index (χ1n) is 7.60. The van der Waals surface area contributed by atoms with Crippen molar-refractivity contribution in [2.45, 2.75) is 19.6 Å². The van der Waals surface area contributed by atoms with E-state index in [1.165, 1.54) is 6.07 Å². The predicted molar refractivity (Wildman–Crippen MR) is 87.8 cm³/mol. The van der Waals surface area contributed by atoms with E-state index in [1.54, 1.807) is 26.3 Å². The fourth-order valence-electron chi connectivity index (χ4n) is 1.89. The second-order valence-electron chi connectivity index (χ2n) is 4.90. The van der Waals surface area contributed by atoms with Crippen molar-refractivity contribution in [3.63, 3.8) is 0 Å². The van der Waals surface area contributed by atoms with E-state index in [4.69, 9.17) is 14.6 Å². The van der Waals surface area contributed by atoms with Gasteiger partial charge in [0.05, 0.1) is 19.8 Å².